The van der Waals surface area contributed by atoms with Crippen LogP contribution >= 0.6 is 0 Å². The Hall–Kier alpha value is -0.160. The van der Waals surface area contributed by atoms with E-state index in [2.05, 4.69) is 16.7 Å². The van der Waals surface area contributed by atoms with Gasteiger partial charge in [-0.15, -0.1) is 0 Å². The molecule has 0 bridgehead atoms. The highest BCUT2D eigenvalue weighted by molar-refractivity contribution is 4.80. The van der Waals surface area contributed by atoms with Crippen LogP contribution in [0, 0.1) is 0 Å². The van der Waals surface area contributed by atoms with E-state index >= 15 is 0 Å². The molecular weight excluding hydrogens is 190 g/mol. The Morgan fingerprint density at radius 3 is 2.20 bits per heavy atom. The second kappa shape index (κ2) is 5.80. The molecule has 1 aliphatic heterocycles. The number of nitrogens with two attached hydrogens (primary N) is 1. The molecule has 15 heavy (non-hydrogen) atoms. The molecule has 1 fully saturated rings. The third-order valence-corrected chi connectivity index (χ3v) is 3.27. The van der Waals surface area contributed by atoms with Gasteiger partial charge in [0.25, 0.3) is 0 Å². The van der Waals surface area contributed by atoms with Crippen LogP contribution in [0.15, 0.2) is 0 Å². The number of hydrogen-bond donors (Lipinski definition) is 2. The lowest BCUT2D eigenvalue weighted by molar-refractivity contribution is 0.119. The fourth-order valence-corrected chi connectivity index (χ4v) is 1.82. The van der Waals surface area contributed by atoms with Crippen LogP contribution in [0.3, 0.4) is 0 Å². The standard InChI is InChI=1S/C11H25N3O/c1-3-13-6-8-14(9-7-13)5-4-11(2,12)10-15/h15H,3-10,12H2,1-2H3. The fraction of sp³-hybridized carbons (Fsp3) is 1.00. The van der Waals surface area contributed by atoms with Crippen molar-refractivity contribution < 1.29 is 5.11 Å². The van der Waals surface area contributed by atoms with Crippen LogP contribution in [0.1, 0.15) is 20.3 Å². The molecular formula is C11H25N3O. The molecule has 0 radical (unpaired) electrons. The highest BCUT2D eigenvalue weighted by atomic mass is 16.3. The Morgan fingerprint density at radius 1 is 1.20 bits per heavy atom. The van der Waals surface area contributed by atoms with Gasteiger partial charge < -0.3 is 20.6 Å². The van der Waals surface area contributed by atoms with Crippen molar-refractivity contribution in [1.82, 2.24) is 9.80 Å². The van der Waals surface area contributed by atoms with E-state index in [1.165, 1.54) is 0 Å². The Balaban J connectivity index is 2.19. The van der Waals surface area contributed by atoms with Gasteiger partial charge in [-0.2, -0.15) is 0 Å². The maximum atomic E-state index is 9.05. The Labute approximate surface area is 93.0 Å². The van der Waals surface area contributed by atoms with Gasteiger partial charge in [0.05, 0.1) is 6.61 Å². The highest BCUT2D eigenvalue weighted by Gasteiger charge is 2.20. The first kappa shape index (κ1) is 12.9. The lowest BCUT2D eigenvalue weighted by Gasteiger charge is -2.35. The molecule has 0 aromatic rings. The third-order valence-electron chi connectivity index (χ3n) is 3.27. The summed E-state index contributed by atoms with van der Waals surface area (Å²) in [5, 5.41) is 9.05. The lowest BCUT2D eigenvalue weighted by atomic mass is 10.0. The van der Waals surface area contributed by atoms with Crippen LogP contribution < -0.4 is 5.73 Å². The van der Waals surface area contributed by atoms with Gasteiger partial charge in [-0.3, -0.25) is 0 Å². The minimum absolute atomic E-state index is 0.0714. The van der Waals surface area contributed by atoms with Crippen molar-refractivity contribution in [2.24, 2.45) is 5.73 Å². The maximum absolute atomic E-state index is 9.05. The second-order valence-electron chi connectivity index (χ2n) is 4.84. The monoisotopic (exact) mass is 215 g/mol. The van der Waals surface area contributed by atoms with Crippen molar-refractivity contribution in [2.45, 2.75) is 25.8 Å². The SMILES string of the molecule is CCN1CCN(CCC(C)(N)CO)CC1. The third kappa shape index (κ3) is 4.47. The summed E-state index contributed by atoms with van der Waals surface area (Å²) < 4.78 is 0. The summed E-state index contributed by atoms with van der Waals surface area (Å²) in [5.74, 6) is 0. The summed E-state index contributed by atoms with van der Waals surface area (Å²) >= 11 is 0. The molecule has 1 rings (SSSR count). The van der Waals surface area contributed by atoms with Gasteiger partial charge in [0.1, 0.15) is 0 Å². The van der Waals surface area contributed by atoms with Gasteiger partial charge in [0.15, 0.2) is 0 Å². The zero-order chi connectivity index (χ0) is 11.3. The number of aliphatic hydroxyl groups is 1. The van der Waals surface area contributed by atoms with E-state index < -0.39 is 5.54 Å². The summed E-state index contributed by atoms with van der Waals surface area (Å²) in [6.07, 6.45) is 0.871. The number of rotatable bonds is 5. The van der Waals surface area contributed by atoms with Crippen molar-refractivity contribution in [3.05, 3.63) is 0 Å². The van der Waals surface area contributed by atoms with Crippen molar-refractivity contribution in [2.75, 3.05) is 45.9 Å². The molecule has 3 N–H and O–H groups in total. The summed E-state index contributed by atoms with van der Waals surface area (Å²) in [5.41, 5.74) is 5.48. The van der Waals surface area contributed by atoms with E-state index in [4.69, 9.17) is 10.8 Å². The van der Waals surface area contributed by atoms with Crippen LogP contribution in [0.2, 0.25) is 0 Å². The van der Waals surface area contributed by atoms with Crippen molar-refractivity contribution in [1.29, 1.82) is 0 Å². The number of hydrogen-bond acceptors (Lipinski definition) is 4. The first-order valence-electron chi connectivity index (χ1n) is 5.92. The molecule has 4 nitrogen and oxygen atoms in total. The van der Waals surface area contributed by atoms with Crippen molar-refractivity contribution in [3.63, 3.8) is 0 Å². The van der Waals surface area contributed by atoms with E-state index in [0.717, 1.165) is 45.7 Å². The Morgan fingerprint density at radius 2 is 1.73 bits per heavy atom. The zero-order valence-electron chi connectivity index (χ0n) is 10.1. The maximum Gasteiger partial charge on any atom is 0.0608 e. The van der Waals surface area contributed by atoms with Gasteiger partial charge in [-0.1, -0.05) is 6.92 Å². The predicted molar refractivity (Wildman–Crippen MR) is 62.8 cm³/mol. The van der Waals surface area contributed by atoms with Crippen molar-refractivity contribution >= 4 is 0 Å². The first-order chi connectivity index (χ1) is 7.07. The Bertz CT molecular complexity index is 177. The molecule has 0 saturated carbocycles. The van der Waals surface area contributed by atoms with E-state index in [-0.39, 0.29) is 6.61 Å². The van der Waals surface area contributed by atoms with E-state index in [9.17, 15) is 0 Å². The minimum atomic E-state index is -0.415. The minimum Gasteiger partial charge on any atom is -0.394 e. The molecule has 0 aromatic heterocycles. The molecule has 90 valence electrons. The van der Waals surface area contributed by atoms with E-state index in [0.29, 0.717) is 0 Å². The van der Waals surface area contributed by atoms with Gasteiger partial charge >= 0.3 is 0 Å². The van der Waals surface area contributed by atoms with Crippen LogP contribution in [0.5, 0.6) is 0 Å². The summed E-state index contributed by atoms with van der Waals surface area (Å²) in [6, 6.07) is 0. The number of aliphatic hydroxyl groups excluding tert-OH is 1. The molecule has 0 aliphatic carbocycles. The van der Waals surface area contributed by atoms with E-state index in [1.54, 1.807) is 0 Å². The van der Waals surface area contributed by atoms with Gasteiger partial charge in [0.2, 0.25) is 0 Å². The smallest absolute Gasteiger partial charge is 0.0608 e. The molecule has 0 spiro atoms. The summed E-state index contributed by atoms with van der Waals surface area (Å²) in [4.78, 5) is 4.90. The first-order valence-corrected chi connectivity index (χ1v) is 5.92. The van der Waals surface area contributed by atoms with Gasteiger partial charge in [-0.05, 0) is 19.9 Å². The van der Waals surface area contributed by atoms with Gasteiger partial charge in [0, 0.05) is 38.3 Å². The molecule has 1 unspecified atom stereocenters. The van der Waals surface area contributed by atoms with Crippen LogP contribution in [-0.4, -0.2) is 66.3 Å². The van der Waals surface area contributed by atoms with Crippen LogP contribution in [0.25, 0.3) is 0 Å². The topological polar surface area (TPSA) is 52.7 Å². The second-order valence-corrected chi connectivity index (χ2v) is 4.84. The molecule has 4 heteroatoms. The molecule has 1 saturated heterocycles. The molecule has 1 atom stereocenters. The van der Waals surface area contributed by atoms with Crippen LogP contribution in [0.4, 0.5) is 0 Å². The largest absolute Gasteiger partial charge is 0.394 e. The molecule has 0 aromatic carbocycles. The van der Waals surface area contributed by atoms with Gasteiger partial charge in [-0.25, -0.2) is 0 Å². The lowest BCUT2D eigenvalue weighted by Crippen LogP contribution is -2.49. The van der Waals surface area contributed by atoms with Crippen molar-refractivity contribution in [3.8, 4) is 0 Å². The number of likely N-dealkylation sites (N-methyl/N-ethyl adjacent to an activating group) is 1. The van der Waals surface area contributed by atoms with E-state index in [1.807, 2.05) is 6.92 Å². The average Bonchev–Trinajstić information content (AvgIpc) is 2.27. The number of piperazine rings is 1. The van der Waals surface area contributed by atoms with Crippen LogP contribution in [-0.2, 0) is 0 Å². The summed E-state index contributed by atoms with van der Waals surface area (Å²) in [6.45, 7) is 10.9. The zero-order valence-corrected chi connectivity index (χ0v) is 10.1. The Kier molecular flexibility index (Phi) is 4.99. The fourth-order valence-electron chi connectivity index (χ4n) is 1.82. The highest BCUT2D eigenvalue weighted by Crippen LogP contribution is 2.08. The normalized spacial score (nSPS) is 24.0. The quantitative estimate of drug-likeness (QED) is 0.662. The molecule has 1 heterocycles. The predicted octanol–water partition coefficient (Wildman–Crippen LogP) is -0.276. The average molecular weight is 215 g/mol. The number of nitrogens with zero attached hydrogens (tertiary/aromatic N) is 2. The summed E-state index contributed by atoms with van der Waals surface area (Å²) in [7, 11) is 0. The molecule has 1 aliphatic rings. The molecule has 0 amide bonds.